The van der Waals surface area contributed by atoms with E-state index in [0.717, 1.165) is 31.5 Å². The molecule has 0 radical (unpaired) electrons. The van der Waals surface area contributed by atoms with Gasteiger partial charge in [0.25, 0.3) is 0 Å². The second kappa shape index (κ2) is 6.36. The van der Waals surface area contributed by atoms with E-state index in [4.69, 9.17) is 0 Å². The molecule has 1 saturated heterocycles. The highest BCUT2D eigenvalue weighted by atomic mass is 16.2. The van der Waals surface area contributed by atoms with Gasteiger partial charge in [-0.25, -0.2) is 0 Å². The van der Waals surface area contributed by atoms with Crippen LogP contribution in [0.25, 0.3) is 0 Å². The van der Waals surface area contributed by atoms with Crippen molar-refractivity contribution in [3.05, 3.63) is 35.9 Å². The molecule has 0 unspecified atom stereocenters. The van der Waals surface area contributed by atoms with Gasteiger partial charge < -0.3 is 10.2 Å². The predicted molar refractivity (Wildman–Crippen MR) is 73.6 cm³/mol. The van der Waals surface area contributed by atoms with Crippen molar-refractivity contribution in [2.24, 2.45) is 0 Å². The zero-order chi connectivity index (χ0) is 13.7. The summed E-state index contributed by atoms with van der Waals surface area (Å²) in [5.74, 6) is 0.182. The maximum Gasteiger partial charge on any atom is 0.224 e. The number of likely N-dealkylation sites (tertiary alicyclic amines) is 1. The first-order valence-corrected chi connectivity index (χ1v) is 6.74. The molecule has 0 atom stereocenters. The summed E-state index contributed by atoms with van der Waals surface area (Å²) in [6.07, 6.45) is 2.12. The normalized spacial score (nSPS) is 16.2. The molecule has 1 aliphatic heterocycles. The Morgan fingerprint density at radius 1 is 1.21 bits per heavy atom. The van der Waals surface area contributed by atoms with Crippen LogP contribution < -0.4 is 5.32 Å². The third-order valence-electron chi connectivity index (χ3n) is 3.51. The Morgan fingerprint density at radius 3 is 2.42 bits per heavy atom. The molecule has 102 valence electrons. The highest BCUT2D eigenvalue weighted by Gasteiger charge is 2.21. The molecule has 2 amide bonds. The van der Waals surface area contributed by atoms with Crippen LogP contribution in [0.15, 0.2) is 30.3 Å². The number of amides is 2. The standard InChI is InChI=1S/C15H20N2O2/c1-12(18)17-9-7-14(8-10-17)16-15(19)11-13-5-3-2-4-6-13/h2-6,14H,7-11H2,1H3,(H,16,19). The molecule has 0 spiro atoms. The van der Waals surface area contributed by atoms with E-state index in [1.165, 1.54) is 0 Å². The molecule has 1 aromatic carbocycles. The Balaban J connectivity index is 1.76. The van der Waals surface area contributed by atoms with E-state index in [0.29, 0.717) is 6.42 Å². The van der Waals surface area contributed by atoms with Crippen molar-refractivity contribution in [2.45, 2.75) is 32.2 Å². The van der Waals surface area contributed by atoms with Crippen LogP contribution in [0, 0.1) is 0 Å². The monoisotopic (exact) mass is 260 g/mol. The van der Waals surface area contributed by atoms with Gasteiger partial charge >= 0.3 is 0 Å². The smallest absolute Gasteiger partial charge is 0.224 e. The summed E-state index contributed by atoms with van der Waals surface area (Å²) < 4.78 is 0. The number of carbonyl (C=O) groups is 2. The lowest BCUT2D eigenvalue weighted by Crippen LogP contribution is -2.46. The fourth-order valence-corrected chi connectivity index (χ4v) is 2.40. The average Bonchev–Trinajstić information content (AvgIpc) is 2.40. The van der Waals surface area contributed by atoms with E-state index in [-0.39, 0.29) is 17.9 Å². The molecule has 4 heteroatoms. The average molecular weight is 260 g/mol. The maximum absolute atomic E-state index is 11.9. The fourth-order valence-electron chi connectivity index (χ4n) is 2.40. The van der Waals surface area contributed by atoms with Gasteiger partial charge in [-0.2, -0.15) is 0 Å². The van der Waals surface area contributed by atoms with Crippen LogP contribution in [0.4, 0.5) is 0 Å². The molecular weight excluding hydrogens is 240 g/mol. The number of nitrogens with zero attached hydrogens (tertiary/aromatic N) is 1. The number of hydrogen-bond donors (Lipinski definition) is 1. The molecule has 1 heterocycles. The van der Waals surface area contributed by atoms with E-state index in [2.05, 4.69) is 5.32 Å². The van der Waals surface area contributed by atoms with Crippen molar-refractivity contribution in [1.82, 2.24) is 10.2 Å². The van der Waals surface area contributed by atoms with Crippen molar-refractivity contribution >= 4 is 11.8 Å². The number of hydrogen-bond acceptors (Lipinski definition) is 2. The summed E-state index contributed by atoms with van der Waals surface area (Å²) in [5.41, 5.74) is 1.03. The highest BCUT2D eigenvalue weighted by Crippen LogP contribution is 2.10. The number of carbonyl (C=O) groups excluding carboxylic acids is 2. The Morgan fingerprint density at radius 2 is 1.84 bits per heavy atom. The third-order valence-corrected chi connectivity index (χ3v) is 3.51. The summed E-state index contributed by atoms with van der Waals surface area (Å²) in [7, 11) is 0. The molecular formula is C15H20N2O2. The van der Waals surface area contributed by atoms with Crippen LogP contribution in [0.1, 0.15) is 25.3 Å². The van der Waals surface area contributed by atoms with Crippen molar-refractivity contribution < 1.29 is 9.59 Å². The van der Waals surface area contributed by atoms with Gasteiger partial charge in [-0.05, 0) is 18.4 Å². The summed E-state index contributed by atoms with van der Waals surface area (Å²) in [6.45, 7) is 3.07. The Hall–Kier alpha value is -1.84. The minimum absolute atomic E-state index is 0.0625. The lowest BCUT2D eigenvalue weighted by atomic mass is 10.0. The molecule has 0 bridgehead atoms. The van der Waals surface area contributed by atoms with Crippen LogP contribution in [-0.4, -0.2) is 35.8 Å². The first-order valence-electron chi connectivity index (χ1n) is 6.74. The van der Waals surface area contributed by atoms with E-state index in [1.807, 2.05) is 35.2 Å². The molecule has 4 nitrogen and oxygen atoms in total. The molecule has 19 heavy (non-hydrogen) atoms. The third kappa shape index (κ3) is 4.09. The Kier molecular flexibility index (Phi) is 4.55. The van der Waals surface area contributed by atoms with Gasteiger partial charge in [0.1, 0.15) is 0 Å². The van der Waals surface area contributed by atoms with Crippen LogP contribution in [0.5, 0.6) is 0 Å². The first-order chi connectivity index (χ1) is 9.15. The maximum atomic E-state index is 11.9. The largest absolute Gasteiger partial charge is 0.353 e. The number of rotatable bonds is 3. The molecule has 0 aromatic heterocycles. The molecule has 2 rings (SSSR count). The Labute approximate surface area is 113 Å². The van der Waals surface area contributed by atoms with Gasteiger partial charge in [-0.3, -0.25) is 9.59 Å². The number of nitrogens with one attached hydrogen (secondary N) is 1. The lowest BCUT2D eigenvalue weighted by molar-refractivity contribution is -0.130. The summed E-state index contributed by atoms with van der Waals surface area (Å²) >= 11 is 0. The van der Waals surface area contributed by atoms with Crippen molar-refractivity contribution in [1.29, 1.82) is 0 Å². The van der Waals surface area contributed by atoms with Crippen LogP contribution in [0.3, 0.4) is 0 Å². The molecule has 0 aliphatic carbocycles. The molecule has 1 aromatic rings. The van der Waals surface area contributed by atoms with E-state index < -0.39 is 0 Å². The van der Waals surface area contributed by atoms with Gasteiger partial charge in [0.2, 0.25) is 11.8 Å². The summed E-state index contributed by atoms with van der Waals surface area (Å²) in [5, 5.41) is 3.05. The second-order valence-electron chi connectivity index (χ2n) is 5.01. The zero-order valence-corrected chi connectivity index (χ0v) is 11.3. The quantitative estimate of drug-likeness (QED) is 0.892. The lowest BCUT2D eigenvalue weighted by Gasteiger charge is -2.31. The molecule has 0 saturated carbocycles. The zero-order valence-electron chi connectivity index (χ0n) is 11.3. The molecule has 1 aliphatic rings. The van der Waals surface area contributed by atoms with Crippen molar-refractivity contribution in [3.63, 3.8) is 0 Å². The SMILES string of the molecule is CC(=O)N1CCC(NC(=O)Cc2ccccc2)CC1. The van der Waals surface area contributed by atoms with Gasteiger partial charge in [-0.1, -0.05) is 30.3 Å². The molecule has 1 fully saturated rings. The van der Waals surface area contributed by atoms with Crippen LogP contribution in [-0.2, 0) is 16.0 Å². The topological polar surface area (TPSA) is 49.4 Å². The minimum atomic E-state index is 0.0625. The predicted octanol–water partition coefficient (Wildman–Crippen LogP) is 1.36. The van der Waals surface area contributed by atoms with Crippen molar-refractivity contribution in [3.8, 4) is 0 Å². The van der Waals surface area contributed by atoms with Gasteiger partial charge in [0.05, 0.1) is 6.42 Å². The first kappa shape index (κ1) is 13.6. The number of piperidine rings is 1. The Bertz CT molecular complexity index is 437. The van der Waals surface area contributed by atoms with E-state index >= 15 is 0 Å². The fraction of sp³-hybridized carbons (Fsp3) is 0.467. The van der Waals surface area contributed by atoms with Crippen LogP contribution in [0.2, 0.25) is 0 Å². The van der Waals surface area contributed by atoms with Gasteiger partial charge in [0, 0.05) is 26.1 Å². The van der Waals surface area contributed by atoms with Gasteiger partial charge in [-0.15, -0.1) is 0 Å². The summed E-state index contributed by atoms with van der Waals surface area (Å²) in [4.78, 5) is 24.9. The minimum Gasteiger partial charge on any atom is -0.353 e. The highest BCUT2D eigenvalue weighted by molar-refractivity contribution is 5.79. The second-order valence-corrected chi connectivity index (χ2v) is 5.01. The van der Waals surface area contributed by atoms with Gasteiger partial charge in [0.15, 0.2) is 0 Å². The number of benzene rings is 1. The van der Waals surface area contributed by atoms with E-state index in [9.17, 15) is 9.59 Å². The van der Waals surface area contributed by atoms with E-state index in [1.54, 1.807) is 6.92 Å². The molecule has 1 N–H and O–H groups in total. The van der Waals surface area contributed by atoms with Crippen LogP contribution >= 0.6 is 0 Å². The summed E-state index contributed by atoms with van der Waals surface area (Å²) in [6, 6.07) is 9.93. The van der Waals surface area contributed by atoms with Crippen molar-refractivity contribution in [2.75, 3.05) is 13.1 Å².